The number of carbonyl (C=O) groups is 1. The highest BCUT2D eigenvalue weighted by atomic mass is 16.2. The normalized spacial score (nSPS) is 40.1. The van der Waals surface area contributed by atoms with Crippen molar-refractivity contribution in [2.24, 2.45) is 0 Å². The van der Waals surface area contributed by atoms with E-state index in [9.17, 15) is 4.79 Å². The summed E-state index contributed by atoms with van der Waals surface area (Å²) in [5.74, 6) is 0.358. The number of piperazine rings is 3. The zero-order valence-corrected chi connectivity index (χ0v) is 12.1. The second kappa shape index (κ2) is 5.25. The third kappa shape index (κ3) is 2.43. The van der Waals surface area contributed by atoms with E-state index in [1.54, 1.807) is 0 Å². The number of hydrogen-bond acceptors (Lipinski definition) is 3. The summed E-state index contributed by atoms with van der Waals surface area (Å²) in [7, 11) is 0. The maximum Gasteiger partial charge on any atom is 0.241 e. The summed E-state index contributed by atoms with van der Waals surface area (Å²) >= 11 is 0. The van der Waals surface area contributed by atoms with Crippen LogP contribution in [0.3, 0.4) is 0 Å². The summed E-state index contributed by atoms with van der Waals surface area (Å²) < 4.78 is 0. The van der Waals surface area contributed by atoms with Gasteiger partial charge < -0.3 is 4.90 Å². The first-order valence-corrected chi connectivity index (χ1v) is 7.64. The van der Waals surface area contributed by atoms with Crippen LogP contribution < -0.4 is 0 Å². The number of nitrogens with zero attached hydrogens (tertiary/aromatic N) is 3. The van der Waals surface area contributed by atoms with Gasteiger partial charge in [-0.1, -0.05) is 18.6 Å². The zero-order valence-electron chi connectivity index (χ0n) is 12.1. The minimum Gasteiger partial charge on any atom is -0.337 e. The van der Waals surface area contributed by atoms with Gasteiger partial charge in [0.15, 0.2) is 0 Å². The second-order valence-electron chi connectivity index (χ2n) is 6.14. The molecule has 1 amide bonds. The van der Waals surface area contributed by atoms with Crippen LogP contribution in [0.2, 0.25) is 0 Å². The van der Waals surface area contributed by atoms with Gasteiger partial charge >= 0.3 is 0 Å². The molecule has 0 aromatic heterocycles. The molecule has 19 heavy (non-hydrogen) atoms. The Morgan fingerprint density at radius 1 is 1.26 bits per heavy atom. The fourth-order valence-electron chi connectivity index (χ4n) is 3.69. The van der Waals surface area contributed by atoms with Crippen LogP contribution in [0.4, 0.5) is 0 Å². The van der Waals surface area contributed by atoms with Crippen LogP contribution in [-0.4, -0.2) is 72.0 Å². The van der Waals surface area contributed by atoms with Gasteiger partial charge in [0.05, 0.1) is 0 Å². The predicted molar refractivity (Wildman–Crippen MR) is 76.0 cm³/mol. The lowest BCUT2D eigenvalue weighted by Gasteiger charge is -2.51. The Bertz CT molecular complexity index is 393. The number of likely N-dealkylation sites (tertiary alicyclic amines) is 1. The molecule has 0 saturated carbocycles. The first-order chi connectivity index (χ1) is 9.19. The number of rotatable bonds is 2. The number of amides is 1. The third-order valence-electron chi connectivity index (χ3n) is 4.83. The molecule has 0 N–H and O–H groups in total. The molecule has 4 heteroatoms. The summed E-state index contributed by atoms with van der Waals surface area (Å²) in [6.45, 7) is 10.4. The van der Waals surface area contributed by atoms with Crippen molar-refractivity contribution in [2.45, 2.75) is 38.8 Å². The highest BCUT2D eigenvalue weighted by Gasteiger charge is 2.41. The molecule has 4 aliphatic heterocycles. The van der Waals surface area contributed by atoms with Crippen molar-refractivity contribution in [3.05, 3.63) is 11.6 Å². The largest absolute Gasteiger partial charge is 0.337 e. The first kappa shape index (κ1) is 13.1. The van der Waals surface area contributed by atoms with Crippen LogP contribution in [0, 0.1) is 0 Å². The van der Waals surface area contributed by atoms with Crippen LogP contribution in [0.15, 0.2) is 11.6 Å². The molecule has 4 nitrogen and oxygen atoms in total. The van der Waals surface area contributed by atoms with Crippen LogP contribution >= 0.6 is 0 Å². The Hall–Kier alpha value is -0.870. The standard InChI is InChI=1S/C15H25N3O/c1-3-4-13-5-6-18(10-13)15(19)14-11-16-7-8-17(14)9-12(16)2/h4,12,14H,3,5-11H2,1-2H3/b13-4-. The Kier molecular flexibility index (Phi) is 3.63. The molecule has 4 fully saturated rings. The Morgan fingerprint density at radius 3 is 2.68 bits per heavy atom. The topological polar surface area (TPSA) is 26.8 Å². The average molecular weight is 263 g/mol. The zero-order chi connectivity index (χ0) is 13.4. The van der Waals surface area contributed by atoms with Crippen LogP contribution in [0.1, 0.15) is 26.7 Å². The van der Waals surface area contributed by atoms with Gasteiger partial charge in [0.2, 0.25) is 5.91 Å². The molecule has 0 aliphatic carbocycles. The van der Waals surface area contributed by atoms with Gasteiger partial charge in [-0.25, -0.2) is 0 Å². The van der Waals surface area contributed by atoms with Crippen molar-refractivity contribution >= 4 is 5.91 Å². The fourth-order valence-corrected chi connectivity index (χ4v) is 3.69. The smallest absolute Gasteiger partial charge is 0.241 e. The molecule has 2 bridgehead atoms. The van der Waals surface area contributed by atoms with Gasteiger partial charge in [-0.3, -0.25) is 14.6 Å². The molecule has 0 radical (unpaired) electrons. The van der Waals surface area contributed by atoms with Gasteiger partial charge in [-0.2, -0.15) is 0 Å². The Morgan fingerprint density at radius 2 is 2.05 bits per heavy atom. The third-order valence-corrected chi connectivity index (χ3v) is 4.83. The Balaban J connectivity index is 1.64. The van der Waals surface area contributed by atoms with Crippen LogP contribution in [-0.2, 0) is 4.79 Å². The number of hydrogen-bond donors (Lipinski definition) is 0. The molecule has 0 aromatic carbocycles. The van der Waals surface area contributed by atoms with E-state index >= 15 is 0 Å². The van der Waals surface area contributed by atoms with E-state index in [0.29, 0.717) is 11.9 Å². The summed E-state index contributed by atoms with van der Waals surface area (Å²) in [5, 5.41) is 0. The molecule has 0 aromatic rings. The van der Waals surface area contributed by atoms with Gasteiger partial charge in [0, 0.05) is 45.3 Å². The van der Waals surface area contributed by atoms with Crippen molar-refractivity contribution in [3.63, 3.8) is 0 Å². The molecular formula is C15H25N3O. The molecule has 4 saturated heterocycles. The molecule has 106 valence electrons. The lowest BCUT2D eigenvalue weighted by molar-refractivity contribution is -0.143. The van der Waals surface area contributed by atoms with Crippen molar-refractivity contribution in [3.8, 4) is 0 Å². The molecule has 4 unspecified atom stereocenters. The summed E-state index contributed by atoms with van der Waals surface area (Å²) in [6.07, 6.45) is 4.44. The van der Waals surface area contributed by atoms with Crippen molar-refractivity contribution in [2.75, 3.05) is 39.3 Å². The van der Waals surface area contributed by atoms with E-state index < -0.39 is 0 Å². The van der Waals surface area contributed by atoms with Gasteiger partial charge in [0.1, 0.15) is 6.04 Å². The van der Waals surface area contributed by atoms with Crippen molar-refractivity contribution in [1.29, 1.82) is 0 Å². The average Bonchev–Trinajstić information content (AvgIpc) is 2.87. The fraction of sp³-hybridized carbons (Fsp3) is 0.800. The maximum atomic E-state index is 12.7. The summed E-state index contributed by atoms with van der Waals surface area (Å²) in [6, 6.07) is 0.734. The lowest BCUT2D eigenvalue weighted by Crippen LogP contribution is -2.68. The minimum absolute atomic E-state index is 0.117. The van der Waals surface area contributed by atoms with Crippen LogP contribution in [0.5, 0.6) is 0 Å². The monoisotopic (exact) mass is 263 g/mol. The van der Waals surface area contributed by atoms with E-state index in [4.69, 9.17) is 0 Å². The lowest BCUT2D eigenvalue weighted by atomic mass is 10.0. The SMILES string of the molecule is CC/C=C1/CCN(C(=O)C2CN3CCN2CC3C)C1. The quantitative estimate of drug-likeness (QED) is 0.694. The summed E-state index contributed by atoms with van der Waals surface area (Å²) in [5.41, 5.74) is 1.44. The van der Waals surface area contributed by atoms with Crippen molar-refractivity contribution < 1.29 is 4.79 Å². The van der Waals surface area contributed by atoms with E-state index in [-0.39, 0.29) is 6.04 Å². The molecule has 4 heterocycles. The molecule has 4 rings (SSSR count). The maximum absolute atomic E-state index is 12.7. The molecule has 0 spiro atoms. The molecule has 4 atom stereocenters. The van der Waals surface area contributed by atoms with Gasteiger partial charge in [0.25, 0.3) is 0 Å². The number of allylic oxidation sites excluding steroid dienone is 1. The molecule has 4 aliphatic rings. The Labute approximate surface area is 116 Å². The second-order valence-corrected chi connectivity index (χ2v) is 6.14. The number of fused-ring (bicyclic) bond motifs is 3. The van der Waals surface area contributed by atoms with Gasteiger partial charge in [-0.15, -0.1) is 0 Å². The highest BCUT2D eigenvalue weighted by molar-refractivity contribution is 5.83. The van der Waals surface area contributed by atoms with Crippen molar-refractivity contribution in [1.82, 2.24) is 14.7 Å². The van der Waals surface area contributed by atoms with E-state index in [1.807, 2.05) is 0 Å². The highest BCUT2D eigenvalue weighted by Crippen LogP contribution is 2.24. The summed E-state index contributed by atoms with van der Waals surface area (Å²) in [4.78, 5) is 19.6. The van der Waals surface area contributed by atoms with E-state index in [1.165, 1.54) is 5.57 Å². The van der Waals surface area contributed by atoms with E-state index in [2.05, 4.69) is 34.6 Å². The van der Waals surface area contributed by atoms with E-state index in [0.717, 1.165) is 52.1 Å². The predicted octanol–water partition coefficient (Wildman–Crippen LogP) is 0.943. The minimum atomic E-state index is 0.117. The number of carbonyl (C=O) groups excluding carboxylic acids is 1. The van der Waals surface area contributed by atoms with Gasteiger partial charge in [-0.05, 0) is 19.8 Å². The first-order valence-electron chi connectivity index (χ1n) is 7.64. The molecular weight excluding hydrogens is 238 g/mol. The van der Waals surface area contributed by atoms with Crippen LogP contribution in [0.25, 0.3) is 0 Å².